The number of hydrogen-bond donors (Lipinski definition) is 1. The lowest BCUT2D eigenvalue weighted by Gasteiger charge is -2.43. The zero-order valence-electron chi connectivity index (χ0n) is 23.8. The molecule has 1 N–H and O–H groups in total. The third-order valence-electron chi connectivity index (χ3n) is 8.23. The molecule has 2 aliphatic heterocycles. The number of carboxylic acid groups (broad SMARTS) is 1. The summed E-state index contributed by atoms with van der Waals surface area (Å²) in [5.41, 5.74) is -1.91. The van der Waals surface area contributed by atoms with E-state index < -0.39 is 58.4 Å². The van der Waals surface area contributed by atoms with Crippen molar-refractivity contribution in [1.82, 2.24) is 19.4 Å². The molecule has 1 saturated heterocycles. The Kier molecular flexibility index (Phi) is 8.04. The molecule has 15 heteroatoms. The molecule has 2 aromatic carbocycles. The number of anilines is 1. The minimum absolute atomic E-state index is 0.0137. The van der Waals surface area contributed by atoms with Gasteiger partial charge in [-0.3, -0.25) is 14.5 Å². The lowest BCUT2D eigenvalue weighted by Crippen LogP contribution is -2.58. The number of alkyl halides is 3. The van der Waals surface area contributed by atoms with Gasteiger partial charge in [-0.1, -0.05) is 0 Å². The highest BCUT2D eigenvalue weighted by molar-refractivity contribution is 9.10. The molecular formula is C30H25BrF5N5O3S. The number of halogens is 6. The highest BCUT2D eigenvalue weighted by Crippen LogP contribution is 2.50. The molecule has 0 bridgehead atoms. The molecule has 4 heterocycles. The van der Waals surface area contributed by atoms with E-state index in [1.807, 2.05) is 0 Å². The monoisotopic (exact) mass is 709 g/mol. The lowest BCUT2D eigenvalue weighted by molar-refractivity contribution is -0.137. The van der Waals surface area contributed by atoms with Crippen LogP contribution in [0.3, 0.4) is 0 Å². The normalized spacial score (nSPS) is 20.4. The number of carbonyl (C=O) groups is 1. The van der Waals surface area contributed by atoms with Crippen LogP contribution in [-0.2, 0) is 12.7 Å². The fourth-order valence-corrected chi connectivity index (χ4v) is 8.05. The number of piperazine rings is 1. The third-order valence-corrected chi connectivity index (χ3v) is 10.1. The predicted molar refractivity (Wildman–Crippen MR) is 163 cm³/mol. The van der Waals surface area contributed by atoms with Gasteiger partial charge in [-0.25, -0.2) is 18.4 Å². The number of rotatable bonds is 3. The van der Waals surface area contributed by atoms with Gasteiger partial charge >= 0.3 is 18.0 Å². The molecule has 0 saturated carbocycles. The maximum Gasteiger partial charge on any atom is 0.417 e. The molecule has 0 unspecified atom stereocenters. The zero-order chi connectivity index (χ0) is 32.4. The van der Waals surface area contributed by atoms with Crippen LogP contribution in [0.2, 0.25) is 0 Å². The van der Waals surface area contributed by atoms with Crippen molar-refractivity contribution < 1.29 is 31.9 Å². The zero-order valence-corrected chi connectivity index (χ0v) is 26.2. The fraction of sp³-hybridized carbons (Fsp3) is 0.333. The van der Waals surface area contributed by atoms with Crippen LogP contribution in [0.15, 0.2) is 56.9 Å². The minimum Gasteiger partial charge on any atom is -0.465 e. The maximum atomic E-state index is 15.4. The number of pyridine rings is 1. The van der Waals surface area contributed by atoms with Gasteiger partial charge in [-0.15, -0.1) is 11.8 Å². The van der Waals surface area contributed by atoms with E-state index in [0.29, 0.717) is 6.07 Å². The summed E-state index contributed by atoms with van der Waals surface area (Å²) in [6.07, 6.45) is -2.96. The highest BCUT2D eigenvalue weighted by Gasteiger charge is 2.40. The first-order valence-corrected chi connectivity index (χ1v) is 15.7. The van der Waals surface area contributed by atoms with Gasteiger partial charge in [0.25, 0.3) is 0 Å². The first-order valence-electron chi connectivity index (χ1n) is 13.9. The smallest absolute Gasteiger partial charge is 0.417 e. The van der Waals surface area contributed by atoms with Gasteiger partial charge < -0.3 is 10.0 Å². The Balaban J connectivity index is 1.68. The van der Waals surface area contributed by atoms with Crippen LogP contribution >= 0.6 is 27.7 Å². The summed E-state index contributed by atoms with van der Waals surface area (Å²) in [6, 6.07) is 4.77. The van der Waals surface area contributed by atoms with Gasteiger partial charge in [0, 0.05) is 71.2 Å². The molecule has 8 nitrogen and oxygen atoms in total. The van der Waals surface area contributed by atoms with Crippen molar-refractivity contribution in [2.45, 2.75) is 49.5 Å². The quantitative estimate of drug-likeness (QED) is 0.181. The second-order valence-corrected chi connectivity index (χ2v) is 13.1. The van der Waals surface area contributed by atoms with Crippen LogP contribution < -0.4 is 10.6 Å². The summed E-state index contributed by atoms with van der Waals surface area (Å²) in [5, 5.41) is 9.71. The summed E-state index contributed by atoms with van der Waals surface area (Å²) in [6.45, 7) is 3.57. The van der Waals surface area contributed by atoms with E-state index in [9.17, 15) is 32.3 Å². The highest BCUT2D eigenvalue weighted by atomic mass is 79.9. The average molecular weight is 711 g/mol. The second-order valence-electron chi connectivity index (χ2n) is 11.2. The Morgan fingerprint density at radius 1 is 1.04 bits per heavy atom. The van der Waals surface area contributed by atoms with Crippen molar-refractivity contribution in [2.75, 3.05) is 23.7 Å². The maximum absolute atomic E-state index is 15.4. The SMILES string of the molecule is C[C@@H]1CN(c2nc(=O)n3c4c(c(-c5cc(Br)c(F)cc5F)c(C(F)(F)F)cc24)SC[C@@H](c2ccncc2)C3)C[C@H](C)N1C(=O)O. The molecular weight excluding hydrogens is 685 g/mol. The van der Waals surface area contributed by atoms with Crippen molar-refractivity contribution in [3.63, 3.8) is 0 Å². The van der Waals surface area contributed by atoms with Gasteiger partial charge in [-0.05, 0) is 59.6 Å². The number of hydrogen-bond acceptors (Lipinski definition) is 6. The Morgan fingerprint density at radius 3 is 2.33 bits per heavy atom. The van der Waals surface area contributed by atoms with Gasteiger partial charge in [0.15, 0.2) is 0 Å². The number of aromatic nitrogens is 3. The molecule has 4 aromatic rings. The van der Waals surface area contributed by atoms with E-state index in [1.54, 1.807) is 43.3 Å². The van der Waals surface area contributed by atoms with Crippen LogP contribution in [0, 0.1) is 11.6 Å². The van der Waals surface area contributed by atoms with Gasteiger partial charge in [0.1, 0.15) is 17.5 Å². The Labute approximate surface area is 266 Å². The van der Waals surface area contributed by atoms with Crippen LogP contribution in [0.1, 0.15) is 30.9 Å². The fourth-order valence-electron chi connectivity index (χ4n) is 6.32. The summed E-state index contributed by atoms with van der Waals surface area (Å²) < 4.78 is 75.7. The van der Waals surface area contributed by atoms with E-state index in [2.05, 4.69) is 25.9 Å². The van der Waals surface area contributed by atoms with Crippen LogP contribution in [0.5, 0.6) is 0 Å². The van der Waals surface area contributed by atoms with Gasteiger partial charge in [-0.2, -0.15) is 18.2 Å². The minimum atomic E-state index is -4.98. The topological polar surface area (TPSA) is 91.6 Å². The van der Waals surface area contributed by atoms with Crippen molar-refractivity contribution in [3.8, 4) is 11.1 Å². The lowest BCUT2D eigenvalue weighted by atomic mass is 9.95. The molecule has 1 fully saturated rings. The first kappa shape index (κ1) is 31.3. The van der Waals surface area contributed by atoms with Gasteiger partial charge in [0.05, 0.1) is 27.6 Å². The Bertz CT molecular complexity index is 1880. The third kappa shape index (κ3) is 5.53. The number of benzene rings is 2. The number of nitrogens with zero attached hydrogens (tertiary/aromatic N) is 5. The Morgan fingerprint density at radius 2 is 1.71 bits per heavy atom. The first-order chi connectivity index (χ1) is 21.3. The molecule has 6 rings (SSSR count). The molecule has 0 spiro atoms. The molecule has 0 radical (unpaired) electrons. The van der Waals surface area contributed by atoms with E-state index >= 15 is 4.39 Å². The summed E-state index contributed by atoms with van der Waals surface area (Å²) in [4.78, 5) is 36.9. The van der Waals surface area contributed by atoms with Crippen LogP contribution in [0.25, 0.3) is 22.0 Å². The molecule has 3 atom stereocenters. The molecule has 236 valence electrons. The second kappa shape index (κ2) is 11.6. The van der Waals surface area contributed by atoms with Crippen molar-refractivity contribution in [3.05, 3.63) is 80.4 Å². The summed E-state index contributed by atoms with van der Waals surface area (Å²) in [5.74, 6) is -2.29. The summed E-state index contributed by atoms with van der Waals surface area (Å²) in [7, 11) is 0. The van der Waals surface area contributed by atoms with E-state index in [0.717, 1.165) is 29.5 Å². The standard InChI is InChI=1S/C30H25BrF5N5O3S/c1-14-10-39(11-15(2)41(14)29(43)44)27-19-7-20(30(34,35)36)24(18-8-21(31)23(33)9-22(18)32)26-25(19)40(28(42)38-27)12-17(13-45-26)16-3-5-37-6-4-16/h3-9,14-15,17H,10-13H2,1-2H3,(H,43,44)/t14-,15+,17-/m0/s1. The molecule has 2 aromatic heterocycles. The molecule has 0 aliphatic carbocycles. The predicted octanol–water partition coefficient (Wildman–Crippen LogP) is 6.98. The number of amides is 1. The van der Waals surface area contributed by atoms with E-state index in [-0.39, 0.29) is 57.4 Å². The van der Waals surface area contributed by atoms with E-state index in [4.69, 9.17) is 0 Å². The average Bonchev–Trinajstić information content (AvgIpc) is 3.17. The van der Waals surface area contributed by atoms with Crippen LogP contribution in [0.4, 0.5) is 32.6 Å². The molecule has 1 amide bonds. The van der Waals surface area contributed by atoms with Crippen molar-refractivity contribution >= 4 is 50.5 Å². The summed E-state index contributed by atoms with van der Waals surface area (Å²) >= 11 is 4.04. The number of thioether (sulfide) groups is 1. The van der Waals surface area contributed by atoms with E-state index in [1.165, 1.54) is 9.47 Å². The van der Waals surface area contributed by atoms with Crippen molar-refractivity contribution in [2.24, 2.45) is 0 Å². The van der Waals surface area contributed by atoms with Gasteiger partial charge in [0.2, 0.25) is 0 Å². The largest absolute Gasteiger partial charge is 0.465 e. The Hall–Kier alpha value is -3.72. The van der Waals surface area contributed by atoms with Crippen LogP contribution in [-0.4, -0.2) is 61.6 Å². The molecule has 45 heavy (non-hydrogen) atoms. The molecule has 2 aliphatic rings. The van der Waals surface area contributed by atoms with Crippen molar-refractivity contribution in [1.29, 1.82) is 0 Å².